The van der Waals surface area contributed by atoms with Crippen molar-refractivity contribution in [2.24, 2.45) is 9.98 Å². The fourth-order valence-electron chi connectivity index (χ4n) is 5.00. The van der Waals surface area contributed by atoms with Gasteiger partial charge < -0.3 is 24.3 Å². The zero-order valence-corrected chi connectivity index (χ0v) is 21.7. The molecule has 12 nitrogen and oxygen atoms in total. The Labute approximate surface area is 224 Å². The lowest BCUT2D eigenvalue weighted by atomic mass is 9.94. The Bertz CT molecular complexity index is 1440. The summed E-state index contributed by atoms with van der Waals surface area (Å²) < 4.78 is 11.4. The van der Waals surface area contributed by atoms with Gasteiger partial charge in [0.15, 0.2) is 5.54 Å². The Morgan fingerprint density at radius 1 is 1.23 bits per heavy atom. The van der Waals surface area contributed by atoms with Crippen molar-refractivity contribution in [1.82, 2.24) is 20.4 Å². The monoisotopic (exact) mass is 532 g/mol. The molecule has 2 aromatic rings. The normalized spacial score (nSPS) is 20.7. The number of rotatable bonds is 7. The van der Waals surface area contributed by atoms with Crippen LogP contribution in [0.4, 0.5) is 9.59 Å². The van der Waals surface area contributed by atoms with E-state index in [4.69, 9.17) is 9.15 Å². The third-order valence-electron chi connectivity index (χ3n) is 6.99. The van der Waals surface area contributed by atoms with Crippen LogP contribution in [0.15, 0.2) is 50.8 Å². The van der Waals surface area contributed by atoms with E-state index in [1.807, 2.05) is 0 Å². The number of allylic oxidation sites excluding steroid dienone is 1. The van der Waals surface area contributed by atoms with Crippen molar-refractivity contribution in [2.75, 3.05) is 26.7 Å². The van der Waals surface area contributed by atoms with Gasteiger partial charge in [0.1, 0.15) is 17.3 Å². The summed E-state index contributed by atoms with van der Waals surface area (Å²) in [7, 11) is 1.52. The standard InChI is InChI=1S/C27H28N6O6/c1-16(5-4-9-28-2)29-26(37)32-10-8-21-18(14-32)11-22(39-21)27(24(35)30-25(36)31-27)15-33-13-17-6-7-19(38-3)12-20(17)23(33)34/h4-7,11-12H,2,8-10,13-15H2,1,3H3,(H2,30,31,35,36)/b5-4-,29-16?. The number of hydrogen-bond donors (Lipinski definition) is 2. The predicted molar refractivity (Wildman–Crippen MR) is 141 cm³/mol. The topological polar surface area (TPSA) is 146 Å². The molecule has 1 fully saturated rings. The third-order valence-corrected chi connectivity index (χ3v) is 6.99. The molecule has 5 rings (SSSR count). The highest BCUT2D eigenvalue weighted by Crippen LogP contribution is 2.35. The molecule has 12 heteroatoms. The van der Waals surface area contributed by atoms with Crippen LogP contribution < -0.4 is 15.4 Å². The zero-order chi connectivity index (χ0) is 27.7. The molecule has 6 amide bonds. The lowest BCUT2D eigenvalue weighted by Crippen LogP contribution is -2.52. The van der Waals surface area contributed by atoms with Gasteiger partial charge in [-0.25, -0.2) is 9.59 Å². The first kappa shape index (κ1) is 25.9. The Morgan fingerprint density at radius 3 is 2.77 bits per heavy atom. The second-order valence-electron chi connectivity index (χ2n) is 9.57. The van der Waals surface area contributed by atoms with E-state index in [2.05, 4.69) is 27.3 Å². The van der Waals surface area contributed by atoms with Crippen molar-refractivity contribution in [3.05, 3.63) is 64.6 Å². The zero-order valence-electron chi connectivity index (χ0n) is 21.7. The van der Waals surface area contributed by atoms with E-state index in [-0.39, 0.29) is 31.3 Å². The predicted octanol–water partition coefficient (Wildman–Crippen LogP) is 2.17. The van der Waals surface area contributed by atoms with E-state index in [0.717, 1.165) is 5.56 Å². The lowest BCUT2D eigenvalue weighted by Gasteiger charge is -2.29. The number of hydrogen-bond acceptors (Lipinski definition) is 7. The van der Waals surface area contributed by atoms with Gasteiger partial charge in [-0.15, -0.1) is 0 Å². The van der Waals surface area contributed by atoms with E-state index < -0.39 is 23.5 Å². The molecule has 3 aliphatic rings. The number of carbonyl (C=O) groups is 4. The van der Waals surface area contributed by atoms with Crippen LogP contribution in [0, 0.1) is 0 Å². The first-order chi connectivity index (χ1) is 18.7. The SMILES string of the molecule is C=NC/C=C\C(C)=NC(=O)N1CCc2oc(C3(CN4Cc5ccc(OC)cc5C4=O)NC(=O)NC3=O)cc2C1. The van der Waals surface area contributed by atoms with Gasteiger partial charge in [-0.2, -0.15) is 4.99 Å². The van der Waals surface area contributed by atoms with Gasteiger partial charge in [0.05, 0.1) is 26.7 Å². The molecule has 0 bridgehead atoms. The molecule has 202 valence electrons. The van der Waals surface area contributed by atoms with Crippen molar-refractivity contribution in [3.8, 4) is 5.75 Å². The van der Waals surface area contributed by atoms with E-state index in [0.29, 0.717) is 47.9 Å². The van der Waals surface area contributed by atoms with Gasteiger partial charge in [0.25, 0.3) is 11.8 Å². The quantitative estimate of drug-likeness (QED) is 0.413. The van der Waals surface area contributed by atoms with Crippen molar-refractivity contribution in [1.29, 1.82) is 0 Å². The average Bonchev–Trinajstić information content (AvgIpc) is 3.57. The van der Waals surface area contributed by atoms with Crippen LogP contribution in [-0.2, 0) is 29.8 Å². The highest BCUT2D eigenvalue weighted by molar-refractivity contribution is 6.08. The van der Waals surface area contributed by atoms with Gasteiger partial charge in [0, 0.05) is 36.3 Å². The number of urea groups is 2. The van der Waals surface area contributed by atoms with Crippen molar-refractivity contribution in [2.45, 2.75) is 32.0 Å². The summed E-state index contributed by atoms with van der Waals surface area (Å²) in [5.74, 6) is 0.463. The Kier molecular flexibility index (Phi) is 6.77. The Morgan fingerprint density at radius 2 is 2.05 bits per heavy atom. The molecule has 2 N–H and O–H groups in total. The summed E-state index contributed by atoms with van der Waals surface area (Å²) in [6.45, 7) is 6.30. The number of fused-ring (bicyclic) bond motifs is 2. The molecule has 1 saturated heterocycles. The van der Waals surface area contributed by atoms with E-state index in [1.165, 1.54) is 12.0 Å². The number of methoxy groups -OCH3 is 1. The van der Waals surface area contributed by atoms with E-state index in [9.17, 15) is 19.2 Å². The van der Waals surface area contributed by atoms with Crippen LogP contribution >= 0.6 is 0 Å². The summed E-state index contributed by atoms with van der Waals surface area (Å²) in [6.07, 6.45) is 3.87. The molecule has 1 aromatic heterocycles. The van der Waals surface area contributed by atoms with Crippen LogP contribution in [0.1, 0.15) is 39.9 Å². The van der Waals surface area contributed by atoms with Crippen LogP contribution in [-0.4, -0.2) is 72.8 Å². The lowest BCUT2D eigenvalue weighted by molar-refractivity contribution is -0.125. The van der Waals surface area contributed by atoms with Crippen LogP contribution in [0.5, 0.6) is 5.75 Å². The van der Waals surface area contributed by atoms with Gasteiger partial charge in [-0.05, 0) is 43.5 Å². The summed E-state index contributed by atoms with van der Waals surface area (Å²) in [5.41, 5.74) is 0.899. The molecular formula is C27H28N6O6. The minimum absolute atomic E-state index is 0.134. The number of carbonyl (C=O) groups excluding carboxylic acids is 4. The molecule has 39 heavy (non-hydrogen) atoms. The van der Waals surface area contributed by atoms with E-state index >= 15 is 0 Å². The number of ether oxygens (including phenoxy) is 1. The smallest absolute Gasteiger partial charge is 0.344 e. The van der Waals surface area contributed by atoms with E-state index in [1.54, 1.807) is 48.2 Å². The molecule has 4 heterocycles. The minimum atomic E-state index is -1.62. The first-order valence-electron chi connectivity index (χ1n) is 12.4. The van der Waals surface area contributed by atoms with Crippen molar-refractivity contribution >= 4 is 36.3 Å². The van der Waals surface area contributed by atoms with Crippen molar-refractivity contribution < 1.29 is 28.3 Å². The van der Waals surface area contributed by atoms with Gasteiger partial charge >= 0.3 is 12.1 Å². The highest BCUT2D eigenvalue weighted by atomic mass is 16.5. The highest BCUT2D eigenvalue weighted by Gasteiger charge is 2.53. The summed E-state index contributed by atoms with van der Waals surface area (Å²) in [6, 6.07) is 5.83. The number of benzene rings is 1. The van der Waals surface area contributed by atoms with Gasteiger partial charge in [-0.3, -0.25) is 19.9 Å². The molecule has 0 saturated carbocycles. The molecule has 0 spiro atoms. The maximum Gasteiger partial charge on any atom is 0.344 e. The number of aliphatic imine (C=N–C) groups is 2. The number of imide groups is 1. The number of nitrogens with one attached hydrogen (secondary N) is 2. The minimum Gasteiger partial charge on any atom is -0.497 e. The number of nitrogens with zero attached hydrogens (tertiary/aromatic N) is 4. The van der Waals surface area contributed by atoms with Crippen LogP contribution in [0.25, 0.3) is 0 Å². The third kappa shape index (κ3) is 4.80. The fourth-order valence-corrected chi connectivity index (χ4v) is 5.00. The van der Waals surface area contributed by atoms with Crippen LogP contribution in [0.2, 0.25) is 0 Å². The Hall–Kier alpha value is -4.74. The fraction of sp³-hybridized carbons (Fsp3) is 0.333. The molecule has 0 radical (unpaired) electrons. The largest absolute Gasteiger partial charge is 0.497 e. The maximum atomic E-state index is 13.2. The molecule has 1 atom stereocenters. The number of furan rings is 1. The second kappa shape index (κ2) is 10.2. The molecule has 1 unspecified atom stereocenters. The van der Waals surface area contributed by atoms with Crippen LogP contribution in [0.3, 0.4) is 0 Å². The molecule has 3 aliphatic heterocycles. The molecule has 1 aromatic carbocycles. The number of amides is 6. The second-order valence-corrected chi connectivity index (χ2v) is 9.57. The first-order valence-corrected chi connectivity index (χ1v) is 12.4. The average molecular weight is 533 g/mol. The van der Waals surface area contributed by atoms with Gasteiger partial charge in [0.2, 0.25) is 0 Å². The molecule has 0 aliphatic carbocycles. The summed E-state index contributed by atoms with van der Waals surface area (Å²) >= 11 is 0. The Balaban J connectivity index is 1.39. The summed E-state index contributed by atoms with van der Waals surface area (Å²) in [5, 5.41) is 4.97. The molecular weight excluding hydrogens is 504 g/mol. The van der Waals surface area contributed by atoms with Gasteiger partial charge in [-0.1, -0.05) is 12.1 Å². The van der Waals surface area contributed by atoms with Crippen molar-refractivity contribution in [3.63, 3.8) is 0 Å². The maximum absolute atomic E-state index is 13.2. The summed E-state index contributed by atoms with van der Waals surface area (Å²) in [4.78, 5) is 62.4.